The van der Waals surface area contributed by atoms with Gasteiger partial charge >= 0.3 is 0 Å². The van der Waals surface area contributed by atoms with E-state index in [0.717, 1.165) is 23.4 Å². The number of nitrogens with one attached hydrogen (secondary N) is 2. The summed E-state index contributed by atoms with van der Waals surface area (Å²) in [5.74, 6) is 0.969. The quantitative estimate of drug-likeness (QED) is 0.727. The number of hydrogen-bond donors (Lipinski definition) is 2. The van der Waals surface area contributed by atoms with Crippen molar-refractivity contribution in [2.45, 2.75) is 13.5 Å². The van der Waals surface area contributed by atoms with Crippen LogP contribution in [0.4, 0.5) is 0 Å². The van der Waals surface area contributed by atoms with E-state index in [0.29, 0.717) is 0 Å². The van der Waals surface area contributed by atoms with Crippen molar-refractivity contribution in [1.29, 1.82) is 0 Å². The molecule has 0 aliphatic carbocycles. The van der Waals surface area contributed by atoms with Crippen LogP contribution in [0.2, 0.25) is 0 Å². The second-order valence-electron chi connectivity index (χ2n) is 3.20. The third-order valence-corrected chi connectivity index (χ3v) is 2.05. The number of rotatable bonds is 2. The number of aryl methyl sites for hydroxylation is 1. The highest BCUT2D eigenvalue weighted by Gasteiger charge is 1.99. The van der Waals surface area contributed by atoms with Gasteiger partial charge in [-0.15, -0.1) is 0 Å². The molecule has 0 amide bonds. The molecule has 0 unspecified atom stereocenters. The predicted octanol–water partition coefficient (Wildman–Crippen LogP) is 1.59. The van der Waals surface area contributed by atoms with Crippen LogP contribution >= 0.6 is 0 Å². The van der Waals surface area contributed by atoms with E-state index in [9.17, 15) is 0 Å². The van der Waals surface area contributed by atoms with Gasteiger partial charge in [0.05, 0.1) is 11.0 Å². The average Bonchev–Trinajstić information content (AvgIpc) is 2.44. The molecule has 0 atom stereocenters. The molecule has 0 spiro atoms. The van der Waals surface area contributed by atoms with Crippen molar-refractivity contribution in [2.24, 2.45) is 0 Å². The molecule has 3 heteroatoms. The fraction of sp³-hybridized carbons (Fsp3) is 0.300. The largest absolute Gasteiger partial charge is 0.342 e. The predicted molar refractivity (Wildman–Crippen MR) is 53.6 cm³/mol. The van der Waals surface area contributed by atoms with Crippen molar-refractivity contribution in [3.63, 3.8) is 0 Å². The normalized spacial score (nSPS) is 10.9. The summed E-state index contributed by atoms with van der Waals surface area (Å²) in [5, 5.41) is 3.12. The van der Waals surface area contributed by atoms with Crippen LogP contribution < -0.4 is 5.32 Å². The molecule has 3 nitrogen and oxygen atoms in total. The van der Waals surface area contributed by atoms with Gasteiger partial charge in [0.25, 0.3) is 0 Å². The van der Waals surface area contributed by atoms with Crippen molar-refractivity contribution < 1.29 is 0 Å². The summed E-state index contributed by atoms with van der Waals surface area (Å²) in [6.07, 6.45) is 0. The minimum Gasteiger partial charge on any atom is -0.342 e. The lowest BCUT2D eigenvalue weighted by Crippen LogP contribution is -2.04. The van der Waals surface area contributed by atoms with Crippen LogP contribution in [0.25, 0.3) is 11.0 Å². The Morgan fingerprint density at radius 2 is 2.31 bits per heavy atom. The third kappa shape index (κ3) is 1.55. The smallest absolute Gasteiger partial charge is 0.104 e. The van der Waals surface area contributed by atoms with E-state index >= 15 is 0 Å². The van der Waals surface area contributed by atoms with Crippen LogP contribution in [0.1, 0.15) is 11.4 Å². The summed E-state index contributed by atoms with van der Waals surface area (Å²) >= 11 is 0. The Bertz CT molecular complexity index is 417. The molecule has 0 fully saturated rings. The van der Waals surface area contributed by atoms with E-state index in [4.69, 9.17) is 0 Å². The highest BCUT2D eigenvalue weighted by molar-refractivity contribution is 5.75. The third-order valence-electron chi connectivity index (χ3n) is 2.05. The van der Waals surface area contributed by atoms with Gasteiger partial charge in [-0.25, -0.2) is 4.98 Å². The first-order valence-corrected chi connectivity index (χ1v) is 4.39. The number of aromatic amines is 1. The lowest BCUT2D eigenvalue weighted by molar-refractivity contribution is 0.819. The first kappa shape index (κ1) is 8.26. The number of nitrogens with zero attached hydrogens (tertiary/aromatic N) is 1. The van der Waals surface area contributed by atoms with Crippen molar-refractivity contribution in [3.8, 4) is 0 Å². The summed E-state index contributed by atoms with van der Waals surface area (Å²) in [4.78, 5) is 7.56. The zero-order valence-corrected chi connectivity index (χ0v) is 7.89. The molecule has 13 heavy (non-hydrogen) atoms. The highest BCUT2D eigenvalue weighted by atomic mass is 14.9. The molecule has 2 aromatic rings. The average molecular weight is 175 g/mol. The number of imidazole rings is 1. The maximum Gasteiger partial charge on any atom is 0.104 e. The number of benzene rings is 1. The molecule has 1 heterocycles. The molecular formula is C10H13N3. The first-order valence-electron chi connectivity index (χ1n) is 4.39. The van der Waals surface area contributed by atoms with Crippen molar-refractivity contribution in [1.82, 2.24) is 15.3 Å². The zero-order chi connectivity index (χ0) is 9.26. The van der Waals surface area contributed by atoms with Gasteiger partial charge in [0, 0.05) is 6.54 Å². The molecule has 2 rings (SSSR count). The van der Waals surface area contributed by atoms with Gasteiger partial charge in [-0.1, -0.05) is 6.07 Å². The summed E-state index contributed by atoms with van der Waals surface area (Å²) in [5.41, 5.74) is 3.43. The van der Waals surface area contributed by atoms with E-state index < -0.39 is 0 Å². The van der Waals surface area contributed by atoms with Gasteiger partial charge in [-0.05, 0) is 31.7 Å². The fourth-order valence-electron chi connectivity index (χ4n) is 1.50. The molecule has 0 radical (unpaired) electrons. The lowest BCUT2D eigenvalue weighted by Gasteiger charge is -1.98. The van der Waals surface area contributed by atoms with E-state index in [1.165, 1.54) is 5.56 Å². The van der Waals surface area contributed by atoms with Crippen molar-refractivity contribution in [3.05, 3.63) is 29.6 Å². The summed E-state index contributed by atoms with van der Waals surface area (Å²) in [6.45, 7) is 2.87. The SMILES string of the molecule is CNCc1ccc2nc(C)[nH]c2c1. The van der Waals surface area contributed by atoms with Gasteiger partial charge in [-0.3, -0.25) is 0 Å². The molecule has 0 saturated carbocycles. The van der Waals surface area contributed by atoms with Gasteiger partial charge in [-0.2, -0.15) is 0 Å². The Hall–Kier alpha value is -1.35. The van der Waals surface area contributed by atoms with Crippen molar-refractivity contribution >= 4 is 11.0 Å². The lowest BCUT2D eigenvalue weighted by atomic mass is 10.2. The maximum absolute atomic E-state index is 4.34. The molecule has 0 bridgehead atoms. The standard InChI is InChI=1S/C10H13N3/c1-7-12-9-4-3-8(6-11-2)5-10(9)13-7/h3-5,11H,6H2,1-2H3,(H,12,13). The second-order valence-corrected chi connectivity index (χ2v) is 3.20. The number of H-pyrrole nitrogens is 1. The number of fused-ring (bicyclic) bond motifs is 1. The summed E-state index contributed by atoms with van der Waals surface area (Å²) < 4.78 is 0. The Labute approximate surface area is 77.2 Å². The first-order chi connectivity index (χ1) is 6.29. The molecule has 0 aliphatic heterocycles. The second kappa shape index (κ2) is 3.18. The molecule has 0 saturated heterocycles. The van der Waals surface area contributed by atoms with E-state index in [1.54, 1.807) is 0 Å². The van der Waals surface area contributed by atoms with E-state index in [-0.39, 0.29) is 0 Å². The Morgan fingerprint density at radius 3 is 3.08 bits per heavy atom. The van der Waals surface area contributed by atoms with E-state index in [1.807, 2.05) is 20.0 Å². The number of hydrogen-bond acceptors (Lipinski definition) is 2. The van der Waals surface area contributed by atoms with Gasteiger partial charge in [0.15, 0.2) is 0 Å². The molecule has 68 valence electrons. The van der Waals surface area contributed by atoms with Gasteiger partial charge < -0.3 is 10.3 Å². The van der Waals surface area contributed by atoms with Crippen LogP contribution in [0.5, 0.6) is 0 Å². The van der Waals surface area contributed by atoms with Crippen LogP contribution in [-0.2, 0) is 6.54 Å². The Morgan fingerprint density at radius 1 is 1.46 bits per heavy atom. The van der Waals surface area contributed by atoms with E-state index in [2.05, 4.69) is 27.4 Å². The van der Waals surface area contributed by atoms with Gasteiger partial charge in [0.2, 0.25) is 0 Å². The van der Waals surface area contributed by atoms with Crippen molar-refractivity contribution in [2.75, 3.05) is 7.05 Å². The highest BCUT2D eigenvalue weighted by Crippen LogP contribution is 2.13. The fourth-order valence-corrected chi connectivity index (χ4v) is 1.50. The van der Waals surface area contributed by atoms with Gasteiger partial charge in [0.1, 0.15) is 5.82 Å². The van der Waals surface area contributed by atoms with Crippen LogP contribution in [0.15, 0.2) is 18.2 Å². The summed E-state index contributed by atoms with van der Waals surface area (Å²) in [6, 6.07) is 6.27. The van der Waals surface area contributed by atoms with Crippen LogP contribution in [-0.4, -0.2) is 17.0 Å². The minimum atomic E-state index is 0.897. The molecule has 0 aliphatic rings. The molecule has 2 N–H and O–H groups in total. The monoisotopic (exact) mass is 175 g/mol. The Balaban J connectivity index is 2.48. The zero-order valence-electron chi connectivity index (χ0n) is 7.89. The molecular weight excluding hydrogens is 162 g/mol. The molecule has 1 aromatic heterocycles. The summed E-state index contributed by atoms with van der Waals surface area (Å²) in [7, 11) is 1.95. The topological polar surface area (TPSA) is 40.7 Å². The number of aromatic nitrogens is 2. The van der Waals surface area contributed by atoms with Crippen LogP contribution in [0, 0.1) is 6.92 Å². The molecule has 1 aromatic carbocycles. The van der Waals surface area contributed by atoms with Crippen LogP contribution in [0.3, 0.4) is 0 Å². The maximum atomic E-state index is 4.34. The Kier molecular flexibility index (Phi) is 2.02. The minimum absolute atomic E-state index is 0.897.